The minimum Gasteiger partial charge on any atom is -0.396 e. The van der Waals surface area contributed by atoms with Gasteiger partial charge in [-0.2, -0.15) is 0 Å². The number of aliphatic hydroxyl groups is 1. The van der Waals surface area contributed by atoms with Crippen LogP contribution in [0, 0.1) is 11.3 Å². The lowest BCUT2D eigenvalue weighted by molar-refractivity contribution is -0.134. The van der Waals surface area contributed by atoms with E-state index in [9.17, 15) is 4.79 Å². The number of ether oxygens (including phenoxy) is 1. The summed E-state index contributed by atoms with van der Waals surface area (Å²) in [4.78, 5) is 12.5. The lowest BCUT2D eigenvalue weighted by atomic mass is 9.70. The van der Waals surface area contributed by atoms with Crippen LogP contribution in [0.1, 0.15) is 39.0 Å². The zero-order valence-corrected chi connectivity index (χ0v) is 12.2. The number of nitrogens with two attached hydrogens (primary N) is 1. The topological polar surface area (TPSA) is 84.6 Å². The molecule has 1 aliphatic rings. The molecule has 0 saturated heterocycles. The molecule has 0 aromatic rings. The number of aliphatic hydroxyl groups excluding tert-OH is 1. The lowest BCUT2D eigenvalue weighted by Gasteiger charge is -2.38. The number of nitrogens with one attached hydrogen (secondary N) is 1. The summed E-state index contributed by atoms with van der Waals surface area (Å²) in [6, 6.07) is -0.134. The van der Waals surface area contributed by atoms with Crippen molar-refractivity contribution in [2.45, 2.75) is 45.1 Å². The van der Waals surface area contributed by atoms with Crippen molar-refractivity contribution in [1.29, 1.82) is 0 Å². The van der Waals surface area contributed by atoms with Crippen molar-refractivity contribution in [3.63, 3.8) is 0 Å². The van der Waals surface area contributed by atoms with E-state index in [0.29, 0.717) is 25.5 Å². The van der Waals surface area contributed by atoms with Crippen molar-refractivity contribution < 1.29 is 14.6 Å². The van der Waals surface area contributed by atoms with E-state index in [0.717, 1.165) is 25.7 Å². The third-order valence-electron chi connectivity index (χ3n) is 4.28. The van der Waals surface area contributed by atoms with Crippen LogP contribution >= 0.6 is 0 Å². The monoisotopic (exact) mass is 272 g/mol. The van der Waals surface area contributed by atoms with Gasteiger partial charge in [-0.25, -0.2) is 0 Å². The van der Waals surface area contributed by atoms with Gasteiger partial charge in [0.1, 0.15) is 0 Å². The molecule has 5 nitrogen and oxygen atoms in total. The molecule has 1 fully saturated rings. The third-order valence-corrected chi connectivity index (χ3v) is 4.28. The van der Waals surface area contributed by atoms with Crippen LogP contribution in [0.3, 0.4) is 0 Å². The number of carbonyl (C=O) groups excluding carboxylic acids is 1. The highest BCUT2D eigenvalue weighted by Crippen LogP contribution is 2.38. The van der Waals surface area contributed by atoms with Crippen molar-refractivity contribution in [3.8, 4) is 0 Å². The molecule has 0 bridgehead atoms. The van der Waals surface area contributed by atoms with Gasteiger partial charge < -0.3 is 20.9 Å². The van der Waals surface area contributed by atoms with Crippen molar-refractivity contribution in [3.05, 3.63) is 0 Å². The SMILES string of the molecule is COCC(CCO)NC(=O)C1(CN)CCC(C)CC1. The van der Waals surface area contributed by atoms with Gasteiger partial charge in [0.05, 0.1) is 18.1 Å². The summed E-state index contributed by atoms with van der Waals surface area (Å²) in [5.41, 5.74) is 5.44. The smallest absolute Gasteiger partial charge is 0.227 e. The molecule has 0 aliphatic heterocycles. The lowest BCUT2D eigenvalue weighted by Crippen LogP contribution is -2.51. The number of methoxy groups -OCH3 is 1. The van der Waals surface area contributed by atoms with E-state index < -0.39 is 5.41 Å². The average molecular weight is 272 g/mol. The molecule has 1 atom stereocenters. The molecule has 0 radical (unpaired) electrons. The first-order valence-electron chi connectivity index (χ1n) is 7.19. The highest BCUT2D eigenvalue weighted by Gasteiger charge is 2.40. The summed E-state index contributed by atoms with van der Waals surface area (Å²) >= 11 is 0. The Morgan fingerprint density at radius 3 is 2.63 bits per heavy atom. The van der Waals surface area contributed by atoms with Crippen molar-refractivity contribution in [1.82, 2.24) is 5.32 Å². The minimum atomic E-state index is -0.423. The minimum absolute atomic E-state index is 0.0254. The maximum absolute atomic E-state index is 12.5. The molecule has 0 heterocycles. The Kier molecular flexibility index (Phi) is 6.75. The predicted octanol–water partition coefficient (Wildman–Crippen LogP) is 0.655. The van der Waals surface area contributed by atoms with Crippen molar-refractivity contribution in [2.75, 3.05) is 26.9 Å². The van der Waals surface area contributed by atoms with Crippen LogP contribution in [0.15, 0.2) is 0 Å². The van der Waals surface area contributed by atoms with Gasteiger partial charge in [0.2, 0.25) is 5.91 Å². The van der Waals surface area contributed by atoms with Gasteiger partial charge in [0.25, 0.3) is 0 Å². The molecule has 5 heteroatoms. The predicted molar refractivity (Wildman–Crippen MR) is 74.6 cm³/mol. The first-order valence-corrected chi connectivity index (χ1v) is 7.19. The Labute approximate surface area is 115 Å². The number of rotatable bonds is 7. The summed E-state index contributed by atoms with van der Waals surface area (Å²) in [5, 5.41) is 12.0. The van der Waals surface area contributed by atoms with E-state index >= 15 is 0 Å². The first kappa shape index (κ1) is 16.4. The van der Waals surface area contributed by atoms with Crippen LogP contribution in [-0.4, -0.2) is 43.9 Å². The fraction of sp³-hybridized carbons (Fsp3) is 0.929. The zero-order valence-electron chi connectivity index (χ0n) is 12.2. The van der Waals surface area contributed by atoms with Crippen LogP contribution in [0.5, 0.6) is 0 Å². The second-order valence-corrected chi connectivity index (χ2v) is 5.80. The van der Waals surface area contributed by atoms with Gasteiger partial charge in [-0.05, 0) is 38.0 Å². The van der Waals surface area contributed by atoms with Crippen LogP contribution in [0.2, 0.25) is 0 Å². The second kappa shape index (κ2) is 7.82. The Hall–Kier alpha value is -0.650. The van der Waals surface area contributed by atoms with Crippen LogP contribution in [0.25, 0.3) is 0 Å². The summed E-state index contributed by atoms with van der Waals surface area (Å²) < 4.78 is 5.07. The summed E-state index contributed by atoms with van der Waals surface area (Å²) in [5.74, 6) is 0.706. The normalized spacial score (nSPS) is 28.9. The number of hydrogen-bond donors (Lipinski definition) is 3. The number of hydrogen-bond acceptors (Lipinski definition) is 4. The summed E-state index contributed by atoms with van der Waals surface area (Å²) in [6.07, 6.45) is 4.33. The molecule has 0 aromatic heterocycles. The maximum atomic E-state index is 12.5. The highest BCUT2D eigenvalue weighted by atomic mass is 16.5. The van der Waals surface area contributed by atoms with Crippen LogP contribution < -0.4 is 11.1 Å². The number of carbonyl (C=O) groups is 1. The first-order chi connectivity index (χ1) is 9.07. The molecule has 4 N–H and O–H groups in total. The fourth-order valence-electron chi connectivity index (χ4n) is 2.73. The largest absolute Gasteiger partial charge is 0.396 e. The molecule has 1 rings (SSSR count). The van der Waals surface area contributed by atoms with E-state index in [1.54, 1.807) is 7.11 Å². The maximum Gasteiger partial charge on any atom is 0.227 e. The molecule has 0 aromatic carbocycles. The molecule has 1 aliphatic carbocycles. The Morgan fingerprint density at radius 1 is 1.53 bits per heavy atom. The van der Waals surface area contributed by atoms with E-state index in [-0.39, 0.29) is 18.6 Å². The molecule has 19 heavy (non-hydrogen) atoms. The van der Waals surface area contributed by atoms with Gasteiger partial charge in [0, 0.05) is 20.3 Å². The van der Waals surface area contributed by atoms with Gasteiger partial charge in [-0.3, -0.25) is 4.79 Å². The van der Waals surface area contributed by atoms with Crippen molar-refractivity contribution >= 4 is 5.91 Å². The third kappa shape index (κ3) is 4.44. The van der Waals surface area contributed by atoms with E-state index in [4.69, 9.17) is 15.6 Å². The quantitative estimate of drug-likeness (QED) is 0.635. The zero-order chi connectivity index (χ0) is 14.3. The van der Waals surface area contributed by atoms with Crippen LogP contribution in [0.4, 0.5) is 0 Å². The highest BCUT2D eigenvalue weighted by molar-refractivity contribution is 5.83. The molecule has 1 unspecified atom stereocenters. The molecule has 112 valence electrons. The second-order valence-electron chi connectivity index (χ2n) is 5.80. The van der Waals surface area contributed by atoms with Gasteiger partial charge in [-0.15, -0.1) is 0 Å². The Morgan fingerprint density at radius 2 is 2.16 bits per heavy atom. The average Bonchev–Trinajstić information content (AvgIpc) is 2.40. The molecule has 1 saturated carbocycles. The van der Waals surface area contributed by atoms with Gasteiger partial charge in [0.15, 0.2) is 0 Å². The molecule has 1 amide bonds. The summed E-state index contributed by atoms with van der Waals surface area (Å²) in [7, 11) is 1.59. The van der Waals surface area contributed by atoms with E-state index in [2.05, 4.69) is 12.2 Å². The Bertz CT molecular complexity index is 270. The molecule has 0 spiro atoms. The van der Waals surface area contributed by atoms with Gasteiger partial charge >= 0.3 is 0 Å². The molecular weight excluding hydrogens is 244 g/mol. The summed E-state index contributed by atoms with van der Waals surface area (Å²) in [6.45, 7) is 3.08. The van der Waals surface area contributed by atoms with E-state index in [1.807, 2.05) is 0 Å². The Balaban J connectivity index is 2.62. The van der Waals surface area contributed by atoms with Crippen molar-refractivity contribution in [2.24, 2.45) is 17.1 Å². The number of amides is 1. The fourth-order valence-corrected chi connectivity index (χ4v) is 2.73. The molecular formula is C14H28N2O3. The van der Waals surface area contributed by atoms with E-state index in [1.165, 1.54) is 0 Å². The van der Waals surface area contributed by atoms with Crippen LogP contribution in [-0.2, 0) is 9.53 Å². The van der Waals surface area contributed by atoms with Gasteiger partial charge in [-0.1, -0.05) is 6.92 Å². The standard InChI is InChI=1S/C14H28N2O3/c1-11-3-6-14(10-15,7-4-11)13(18)16-12(5-8-17)9-19-2/h11-12,17H,3-10,15H2,1-2H3,(H,16,18).